The largest absolute Gasteiger partial charge is 0.480 e. The van der Waals surface area contributed by atoms with Crippen molar-refractivity contribution in [1.82, 2.24) is 0 Å². The maximum absolute atomic E-state index is 11.2. The van der Waals surface area contributed by atoms with Crippen LogP contribution >= 0.6 is 0 Å². The molecule has 0 spiro atoms. The zero-order valence-electron chi connectivity index (χ0n) is 11.2. The SMILES string of the molecule is CC(C)(CN)CC(N)C1CCC1(C(=O)O)C(=O)O.[Pt]. The summed E-state index contributed by atoms with van der Waals surface area (Å²) in [5.74, 6) is -3.09. The van der Waals surface area contributed by atoms with E-state index in [0.717, 1.165) is 0 Å². The van der Waals surface area contributed by atoms with Gasteiger partial charge in [-0.05, 0) is 31.2 Å². The number of hydrogen-bond acceptors (Lipinski definition) is 4. The van der Waals surface area contributed by atoms with E-state index in [1.165, 1.54) is 0 Å². The van der Waals surface area contributed by atoms with E-state index in [0.29, 0.717) is 19.4 Å². The molecule has 1 rings (SSSR count). The van der Waals surface area contributed by atoms with Crippen molar-refractivity contribution in [2.24, 2.45) is 28.2 Å². The van der Waals surface area contributed by atoms with Gasteiger partial charge in [-0.2, -0.15) is 0 Å². The van der Waals surface area contributed by atoms with Crippen molar-refractivity contribution in [3.8, 4) is 0 Å². The molecule has 114 valence electrons. The molecule has 2 atom stereocenters. The second kappa shape index (κ2) is 6.33. The Hall–Kier alpha value is -0.452. The van der Waals surface area contributed by atoms with Crippen LogP contribution in [0, 0.1) is 16.7 Å². The molecular formula is C12H22N2O4Pt. The van der Waals surface area contributed by atoms with E-state index in [1.54, 1.807) is 0 Å². The maximum atomic E-state index is 11.2. The average molecular weight is 453 g/mol. The standard InChI is InChI=1S/C12H22N2O4.Pt/c1-11(2,6-13)5-8(14)7-3-4-12(7,9(15)16)10(17)18;/h7-8H,3-6,13-14H2,1-2H3,(H,15,16)(H,17,18);. The van der Waals surface area contributed by atoms with E-state index in [2.05, 4.69) is 0 Å². The molecule has 1 aliphatic rings. The molecular weight excluding hydrogens is 431 g/mol. The van der Waals surface area contributed by atoms with Crippen molar-refractivity contribution >= 4 is 11.9 Å². The van der Waals surface area contributed by atoms with Gasteiger partial charge in [0.15, 0.2) is 5.41 Å². The van der Waals surface area contributed by atoms with Crippen LogP contribution in [-0.4, -0.2) is 34.7 Å². The predicted octanol–water partition coefficient (Wildman–Crippen LogP) is 0.252. The molecule has 0 amide bonds. The molecule has 1 fully saturated rings. The predicted molar refractivity (Wildman–Crippen MR) is 65.9 cm³/mol. The summed E-state index contributed by atoms with van der Waals surface area (Å²) in [6, 6.07) is -0.454. The normalized spacial score (nSPS) is 22.8. The summed E-state index contributed by atoms with van der Waals surface area (Å²) < 4.78 is 0. The van der Waals surface area contributed by atoms with E-state index in [1.807, 2.05) is 13.8 Å². The molecule has 0 aromatic rings. The summed E-state index contributed by atoms with van der Waals surface area (Å²) >= 11 is 0. The first-order chi connectivity index (χ1) is 8.17. The Kier molecular flexibility index (Phi) is 6.18. The molecule has 7 heteroatoms. The number of carboxylic acids is 2. The van der Waals surface area contributed by atoms with Crippen molar-refractivity contribution in [2.45, 2.75) is 39.2 Å². The smallest absolute Gasteiger partial charge is 0.321 e. The van der Waals surface area contributed by atoms with Crippen LogP contribution in [0.3, 0.4) is 0 Å². The van der Waals surface area contributed by atoms with Crippen molar-refractivity contribution < 1.29 is 40.9 Å². The van der Waals surface area contributed by atoms with Crippen molar-refractivity contribution in [3.05, 3.63) is 0 Å². The summed E-state index contributed by atoms with van der Waals surface area (Å²) in [6.07, 6.45) is 1.22. The molecule has 0 saturated heterocycles. The maximum Gasteiger partial charge on any atom is 0.321 e. The van der Waals surface area contributed by atoms with Gasteiger partial charge >= 0.3 is 11.9 Å². The van der Waals surface area contributed by atoms with Crippen molar-refractivity contribution in [3.63, 3.8) is 0 Å². The van der Waals surface area contributed by atoms with Crippen LogP contribution in [0.2, 0.25) is 0 Å². The van der Waals surface area contributed by atoms with Crippen molar-refractivity contribution in [1.29, 1.82) is 0 Å². The number of rotatable bonds is 6. The summed E-state index contributed by atoms with van der Waals surface area (Å²) in [4.78, 5) is 22.5. The average Bonchev–Trinajstić information content (AvgIpc) is 2.13. The molecule has 6 nitrogen and oxygen atoms in total. The number of carbonyl (C=O) groups is 2. The van der Waals surface area contributed by atoms with Crippen LogP contribution in [0.15, 0.2) is 0 Å². The number of nitrogens with two attached hydrogens (primary N) is 2. The molecule has 0 heterocycles. The zero-order chi connectivity index (χ0) is 14.1. The Bertz CT molecular complexity index is 346. The van der Waals surface area contributed by atoms with Gasteiger partial charge in [-0.3, -0.25) is 9.59 Å². The van der Waals surface area contributed by atoms with Gasteiger partial charge in [0.05, 0.1) is 0 Å². The summed E-state index contributed by atoms with van der Waals surface area (Å²) in [5, 5.41) is 18.3. The fraction of sp³-hybridized carbons (Fsp3) is 0.833. The summed E-state index contributed by atoms with van der Waals surface area (Å²) in [7, 11) is 0. The first kappa shape index (κ1) is 18.5. The van der Waals surface area contributed by atoms with Crippen LogP contribution < -0.4 is 11.5 Å². The third-order valence-electron chi connectivity index (χ3n) is 4.10. The Balaban J connectivity index is 0.00000324. The minimum atomic E-state index is -1.70. The Labute approximate surface area is 127 Å². The molecule has 1 aliphatic carbocycles. The van der Waals surface area contributed by atoms with E-state index in [-0.39, 0.29) is 32.9 Å². The van der Waals surface area contributed by atoms with Crippen LogP contribution in [0.4, 0.5) is 0 Å². The second-order valence-corrected chi connectivity index (χ2v) is 5.96. The van der Waals surface area contributed by atoms with E-state index in [4.69, 9.17) is 21.7 Å². The number of carboxylic acid groups (broad SMARTS) is 2. The van der Waals surface area contributed by atoms with Gasteiger partial charge < -0.3 is 21.7 Å². The first-order valence-corrected chi connectivity index (χ1v) is 6.10. The monoisotopic (exact) mass is 453 g/mol. The second-order valence-electron chi connectivity index (χ2n) is 5.96. The summed E-state index contributed by atoms with van der Waals surface area (Å²) in [6.45, 7) is 4.31. The van der Waals surface area contributed by atoms with Crippen molar-refractivity contribution in [2.75, 3.05) is 6.54 Å². The fourth-order valence-electron chi connectivity index (χ4n) is 2.67. The van der Waals surface area contributed by atoms with E-state index >= 15 is 0 Å². The molecule has 6 N–H and O–H groups in total. The van der Waals surface area contributed by atoms with Crippen LogP contribution in [0.25, 0.3) is 0 Å². The molecule has 1 saturated carbocycles. The molecule has 0 radical (unpaired) electrons. The molecule has 0 aromatic heterocycles. The van der Waals surface area contributed by atoms with Gasteiger partial charge in [-0.15, -0.1) is 0 Å². The zero-order valence-corrected chi connectivity index (χ0v) is 13.4. The fourth-order valence-corrected chi connectivity index (χ4v) is 2.67. The van der Waals surface area contributed by atoms with Crippen LogP contribution in [-0.2, 0) is 30.7 Å². The summed E-state index contributed by atoms with van der Waals surface area (Å²) in [5.41, 5.74) is 9.71. The van der Waals surface area contributed by atoms with E-state index in [9.17, 15) is 9.59 Å². The Morgan fingerprint density at radius 3 is 2.11 bits per heavy atom. The first-order valence-electron chi connectivity index (χ1n) is 6.10. The molecule has 19 heavy (non-hydrogen) atoms. The van der Waals surface area contributed by atoms with Gasteiger partial charge in [0, 0.05) is 33.0 Å². The third-order valence-corrected chi connectivity index (χ3v) is 4.10. The number of aliphatic carboxylic acids is 2. The van der Waals surface area contributed by atoms with Gasteiger partial charge in [-0.1, -0.05) is 13.8 Å². The Morgan fingerprint density at radius 2 is 1.84 bits per heavy atom. The van der Waals surface area contributed by atoms with Crippen LogP contribution in [0.5, 0.6) is 0 Å². The van der Waals surface area contributed by atoms with E-state index < -0.39 is 29.3 Å². The molecule has 2 unspecified atom stereocenters. The minimum Gasteiger partial charge on any atom is -0.480 e. The third kappa shape index (κ3) is 3.36. The van der Waals surface area contributed by atoms with Gasteiger partial charge in [-0.25, -0.2) is 0 Å². The van der Waals surface area contributed by atoms with Crippen LogP contribution in [0.1, 0.15) is 33.1 Å². The minimum absolute atomic E-state index is 0. The van der Waals surface area contributed by atoms with Gasteiger partial charge in [0.25, 0.3) is 0 Å². The van der Waals surface area contributed by atoms with Gasteiger partial charge in [0.1, 0.15) is 0 Å². The molecule has 0 aromatic carbocycles. The topological polar surface area (TPSA) is 127 Å². The Morgan fingerprint density at radius 1 is 1.37 bits per heavy atom. The number of hydrogen-bond donors (Lipinski definition) is 4. The van der Waals surface area contributed by atoms with Gasteiger partial charge in [0.2, 0.25) is 0 Å². The molecule has 0 bridgehead atoms. The quantitative estimate of drug-likeness (QED) is 0.427. The molecule has 0 aliphatic heterocycles.